The number of nitrogens with two attached hydrogens (primary N) is 1. The lowest BCUT2D eigenvalue weighted by Crippen LogP contribution is -1.97. The molecule has 0 amide bonds. The molecule has 0 atom stereocenters. The zero-order chi connectivity index (χ0) is 15.0. The van der Waals surface area contributed by atoms with Gasteiger partial charge in [-0.2, -0.15) is 5.10 Å². The minimum Gasteiger partial charge on any atom is -0.396 e. The number of aromatic nitrogens is 2. The summed E-state index contributed by atoms with van der Waals surface area (Å²) in [6.45, 7) is 6.25. The van der Waals surface area contributed by atoms with Gasteiger partial charge in [0.25, 0.3) is 0 Å². The van der Waals surface area contributed by atoms with E-state index in [1.807, 2.05) is 29.1 Å². The molecule has 0 aliphatic carbocycles. The van der Waals surface area contributed by atoms with Crippen LogP contribution in [0.1, 0.15) is 16.7 Å². The summed E-state index contributed by atoms with van der Waals surface area (Å²) in [5.41, 5.74) is 13.5. The van der Waals surface area contributed by atoms with Crippen LogP contribution in [0.5, 0.6) is 0 Å². The number of aryl methyl sites for hydroxylation is 3. The van der Waals surface area contributed by atoms with Crippen LogP contribution in [0.2, 0.25) is 0 Å². The van der Waals surface area contributed by atoms with Crippen LogP contribution >= 0.6 is 0 Å². The molecule has 0 unspecified atom stereocenters. The molecule has 3 heteroatoms. The van der Waals surface area contributed by atoms with Crippen LogP contribution in [-0.2, 0) is 0 Å². The van der Waals surface area contributed by atoms with Crippen molar-refractivity contribution in [2.24, 2.45) is 0 Å². The van der Waals surface area contributed by atoms with Gasteiger partial charge < -0.3 is 5.73 Å². The van der Waals surface area contributed by atoms with Crippen molar-refractivity contribution in [2.45, 2.75) is 20.8 Å². The van der Waals surface area contributed by atoms with Gasteiger partial charge in [0, 0.05) is 5.56 Å². The Morgan fingerprint density at radius 2 is 1.71 bits per heavy atom. The van der Waals surface area contributed by atoms with Gasteiger partial charge in [-0.1, -0.05) is 42.0 Å². The zero-order valence-electron chi connectivity index (χ0n) is 12.6. The molecular weight excluding hydrogens is 258 g/mol. The molecule has 0 bridgehead atoms. The van der Waals surface area contributed by atoms with Crippen LogP contribution in [0.15, 0.2) is 48.7 Å². The number of hydrogen-bond acceptors (Lipinski definition) is 2. The van der Waals surface area contributed by atoms with E-state index in [0.29, 0.717) is 5.69 Å². The fourth-order valence-electron chi connectivity index (χ4n) is 2.62. The molecule has 2 N–H and O–H groups in total. The van der Waals surface area contributed by atoms with Crippen LogP contribution in [0, 0.1) is 20.8 Å². The lowest BCUT2D eigenvalue weighted by atomic mass is 10.0. The summed E-state index contributed by atoms with van der Waals surface area (Å²) in [6, 6.07) is 14.5. The average Bonchev–Trinajstić information content (AvgIpc) is 2.81. The van der Waals surface area contributed by atoms with Crippen molar-refractivity contribution in [3.63, 3.8) is 0 Å². The molecular formula is C18H19N3. The summed E-state index contributed by atoms with van der Waals surface area (Å²) in [5, 5.41) is 4.69. The summed E-state index contributed by atoms with van der Waals surface area (Å²) in [4.78, 5) is 0. The Morgan fingerprint density at radius 1 is 0.952 bits per heavy atom. The lowest BCUT2D eigenvalue weighted by Gasteiger charge is -2.06. The van der Waals surface area contributed by atoms with E-state index in [-0.39, 0.29) is 0 Å². The van der Waals surface area contributed by atoms with E-state index >= 15 is 0 Å². The second-order valence-electron chi connectivity index (χ2n) is 5.48. The van der Waals surface area contributed by atoms with Crippen molar-refractivity contribution in [1.29, 1.82) is 0 Å². The predicted molar refractivity (Wildman–Crippen MR) is 87.6 cm³/mol. The minimum absolute atomic E-state index is 0.699. The first-order chi connectivity index (χ1) is 10.1. The molecule has 1 heterocycles. The standard InChI is InChI=1S/C18H19N3/c1-12-8-9-15(14(3)10-12)18-16(19)11-21(20-18)17-7-5-4-6-13(17)2/h4-11H,19H2,1-3H3. The SMILES string of the molecule is Cc1ccc(-c2nn(-c3ccccc3C)cc2N)c(C)c1. The van der Waals surface area contributed by atoms with Gasteiger partial charge in [-0.15, -0.1) is 0 Å². The van der Waals surface area contributed by atoms with Crippen LogP contribution in [0.25, 0.3) is 16.9 Å². The van der Waals surface area contributed by atoms with Gasteiger partial charge in [-0.05, 0) is 38.0 Å². The number of anilines is 1. The molecule has 2 aromatic carbocycles. The van der Waals surface area contributed by atoms with E-state index in [0.717, 1.165) is 16.9 Å². The van der Waals surface area contributed by atoms with Crippen LogP contribution in [-0.4, -0.2) is 9.78 Å². The molecule has 0 spiro atoms. The Morgan fingerprint density at radius 3 is 2.43 bits per heavy atom. The number of nitrogen functional groups attached to an aromatic ring is 1. The van der Waals surface area contributed by atoms with Crippen LogP contribution in [0.4, 0.5) is 5.69 Å². The minimum atomic E-state index is 0.699. The van der Waals surface area contributed by atoms with Crippen molar-refractivity contribution in [3.8, 4) is 16.9 Å². The van der Waals surface area contributed by atoms with Crippen LogP contribution in [0.3, 0.4) is 0 Å². The van der Waals surface area contributed by atoms with Crippen molar-refractivity contribution >= 4 is 5.69 Å². The fourth-order valence-corrected chi connectivity index (χ4v) is 2.62. The second kappa shape index (κ2) is 5.09. The number of para-hydroxylation sites is 1. The third-order valence-corrected chi connectivity index (χ3v) is 3.74. The summed E-state index contributed by atoms with van der Waals surface area (Å²) in [7, 11) is 0. The Balaban J connectivity index is 2.12. The molecule has 0 saturated carbocycles. The van der Waals surface area contributed by atoms with E-state index < -0.39 is 0 Å². The highest BCUT2D eigenvalue weighted by Gasteiger charge is 2.12. The van der Waals surface area contributed by atoms with Crippen molar-refractivity contribution < 1.29 is 0 Å². The first-order valence-electron chi connectivity index (χ1n) is 7.05. The van der Waals surface area contributed by atoms with E-state index in [4.69, 9.17) is 10.8 Å². The van der Waals surface area contributed by atoms with Crippen molar-refractivity contribution in [3.05, 3.63) is 65.4 Å². The number of rotatable bonds is 2. The van der Waals surface area contributed by atoms with Gasteiger partial charge in [0.2, 0.25) is 0 Å². The van der Waals surface area contributed by atoms with Gasteiger partial charge in [0.1, 0.15) is 5.69 Å². The summed E-state index contributed by atoms with van der Waals surface area (Å²) < 4.78 is 1.86. The molecule has 3 rings (SSSR count). The number of benzene rings is 2. The summed E-state index contributed by atoms with van der Waals surface area (Å²) in [6.07, 6.45) is 1.89. The predicted octanol–water partition coefficient (Wildman–Crippen LogP) is 4.05. The number of hydrogen-bond donors (Lipinski definition) is 1. The van der Waals surface area contributed by atoms with Gasteiger partial charge >= 0.3 is 0 Å². The maximum absolute atomic E-state index is 6.18. The molecule has 21 heavy (non-hydrogen) atoms. The first kappa shape index (κ1) is 13.4. The van der Waals surface area contributed by atoms with E-state index in [1.54, 1.807) is 0 Å². The largest absolute Gasteiger partial charge is 0.396 e. The highest BCUT2D eigenvalue weighted by molar-refractivity contribution is 5.75. The quantitative estimate of drug-likeness (QED) is 0.768. The molecule has 1 aromatic heterocycles. The van der Waals surface area contributed by atoms with Gasteiger partial charge in [0.05, 0.1) is 17.6 Å². The third kappa shape index (κ3) is 2.42. The van der Waals surface area contributed by atoms with E-state index in [2.05, 4.69) is 45.0 Å². The molecule has 0 fully saturated rings. The Labute approximate surface area is 125 Å². The molecule has 0 radical (unpaired) electrons. The highest BCUT2D eigenvalue weighted by atomic mass is 15.3. The lowest BCUT2D eigenvalue weighted by molar-refractivity contribution is 0.876. The second-order valence-corrected chi connectivity index (χ2v) is 5.48. The summed E-state index contributed by atoms with van der Waals surface area (Å²) >= 11 is 0. The van der Waals surface area contributed by atoms with Gasteiger partial charge in [-0.25, -0.2) is 4.68 Å². The third-order valence-electron chi connectivity index (χ3n) is 3.74. The van der Waals surface area contributed by atoms with Gasteiger partial charge in [0.15, 0.2) is 0 Å². The van der Waals surface area contributed by atoms with Crippen LogP contribution < -0.4 is 5.73 Å². The Kier molecular flexibility index (Phi) is 3.26. The average molecular weight is 277 g/mol. The molecule has 106 valence electrons. The first-order valence-corrected chi connectivity index (χ1v) is 7.05. The highest BCUT2D eigenvalue weighted by Crippen LogP contribution is 2.29. The summed E-state index contributed by atoms with van der Waals surface area (Å²) in [5.74, 6) is 0. The smallest absolute Gasteiger partial charge is 0.116 e. The molecule has 3 nitrogen and oxygen atoms in total. The Hall–Kier alpha value is -2.55. The molecule has 0 saturated heterocycles. The topological polar surface area (TPSA) is 43.8 Å². The van der Waals surface area contributed by atoms with Gasteiger partial charge in [-0.3, -0.25) is 0 Å². The van der Waals surface area contributed by atoms with E-state index in [1.165, 1.54) is 16.7 Å². The molecule has 3 aromatic rings. The molecule has 0 aliphatic rings. The van der Waals surface area contributed by atoms with Crippen molar-refractivity contribution in [1.82, 2.24) is 9.78 Å². The van der Waals surface area contributed by atoms with Crippen molar-refractivity contribution in [2.75, 3.05) is 5.73 Å². The molecule has 0 aliphatic heterocycles. The number of nitrogens with zero attached hydrogens (tertiary/aromatic N) is 2. The Bertz CT molecular complexity index is 800. The maximum atomic E-state index is 6.18. The van der Waals surface area contributed by atoms with E-state index in [9.17, 15) is 0 Å². The normalized spacial score (nSPS) is 10.8. The monoisotopic (exact) mass is 277 g/mol. The maximum Gasteiger partial charge on any atom is 0.116 e. The zero-order valence-corrected chi connectivity index (χ0v) is 12.6. The fraction of sp³-hybridized carbons (Fsp3) is 0.167.